The zero-order chi connectivity index (χ0) is 19.4. The van der Waals surface area contributed by atoms with Gasteiger partial charge in [0.05, 0.1) is 0 Å². The Morgan fingerprint density at radius 2 is 1.89 bits per heavy atom. The summed E-state index contributed by atoms with van der Waals surface area (Å²) >= 11 is 2.29. The van der Waals surface area contributed by atoms with Gasteiger partial charge in [-0.2, -0.15) is 5.26 Å². The lowest BCUT2D eigenvalue weighted by Crippen LogP contribution is -2.36. The van der Waals surface area contributed by atoms with E-state index in [1.807, 2.05) is 19.9 Å². The molecule has 0 aliphatic heterocycles. The van der Waals surface area contributed by atoms with Crippen molar-refractivity contribution in [2.24, 2.45) is 0 Å². The number of aryl methyl sites for hydroxylation is 1. The molecule has 1 fully saturated rings. The van der Waals surface area contributed by atoms with Crippen LogP contribution in [0.15, 0.2) is 35.9 Å². The van der Waals surface area contributed by atoms with Crippen LogP contribution in [-0.4, -0.2) is 16.5 Å². The van der Waals surface area contributed by atoms with Crippen molar-refractivity contribution in [2.75, 3.05) is 0 Å². The smallest absolute Gasteiger partial charge is 0.262 e. The van der Waals surface area contributed by atoms with E-state index in [0.717, 1.165) is 48.3 Å². The van der Waals surface area contributed by atoms with Crippen molar-refractivity contribution in [3.63, 3.8) is 0 Å². The molecule has 0 saturated heterocycles. The molecule has 1 aliphatic carbocycles. The molecule has 0 bridgehead atoms. The van der Waals surface area contributed by atoms with Crippen LogP contribution in [0.2, 0.25) is 0 Å². The number of nitrogens with one attached hydrogen (secondary N) is 1. The van der Waals surface area contributed by atoms with E-state index in [4.69, 9.17) is 0 Å². The number of hydrogen-bond donors (Lipinski definition) is 1. The van der Waals surface area contributed by atoms with Gasteiger partial charge in [-0.15, -0.1) is 0 Å². The van der Waals surface area contributed by atoms with Crippen molar-refractivity contribution in [3.8, 4) is 11.8 Å². The number of amides is 1. The summed E-state index contributed by atoms with van der Waals surface area (Å²) in [6, 6.07) is 12.6. The molecule has 140 valence electrons. The van der Waals surface area contributed by atoms with Crippen molar-refractivity contribution in [1.29, 1.82) is 5.26 Å². The molecule has 1 N–H and O–H groups in total. The third-order valence-electron chi connectivity index (χ3n) is 5.16. The van der Waals surface area contributed by atoms with Crippen molar-refractivity contribution >= 4 is 34.6 Å². The summed E-state index contributed by atoms with van der Waals surface area (Å²) in [6.45, 7) is 4.06. The van der Waals surface area contributed by atoms with Gasteiger partial charge in [-0.1, -0.05) is 19.3 Å². The molecule has 1 amide bonds. The number of aromatic nitrogens is 1. The first-order valence-corrected chi connectivity index (χ1v) is 10.4. The molecule has 5 heteroatoms. The SMILES string of the molecule is Cc1cc(C=C(C#N)C(=O)NC2CCCCC2)c(C)n1-c1ccc(I)cc1. The molecule has 1 aromatic heterocycles. The Kier molecular flexibility index (Phi) is 6.38. The average molecular weight is 473 g/mol. The first-order chi connectivity index (χ1) is 13.0. The van der Waals surface area contributed by atoms with Crippen LogP contribution in [0.4, 0.5) is 0 Å². The fraction of sp³-hybridized carbons (Fsp3) is 0.364. The van der Waals surface area contributed by atoms with Crippen LogP contribution in [0.3, 0.4) is 0 Å². The van der Waals surface area contributed by atoms with Crippen LogP contribution in [0.1, 0.15) is 49.1 Å². The van der Waals surface area contributed by atoms with Crippen molar-refractivity contribution in [2.45, 2.75) is 52.0 Å². The lowest BCUT2D eigenvalue weighted by molar-refractivity contribution is -0.117. The lowest BCUT2D eigenvalue weighted by atomic mass is 9.95. The average Bonchev–Trinajstić information content (AvgIpc) is 2.94. The van der Waals surface area contributed by atoms with Crippen molar-refractivity contribution in [1.82, 2.24) is 9.88 Å². The standard InChI is InChI=1S/C22H24IN3O/c1-15-12-17(16(2)26(15)21-10-8-19(23)9-11-21)13-18(14-24)22(27)25-20-6-4-3-5-7-20/h8-13,20H,3-7H2,1-2H3,(H,25,27). The number of nitriles is 1. The molecule has 0 atom stereocenters. The maximum absolute atomic E-state index is 12.5. The van der Waals surface area contributed by atoms with E-state index in [0.29, 0.717) is 0 Å². The number of carbonyl (C=O) groups excluding carboxylic acids is 1. The largest absolute Gasteiger partial charge is 0.349 e. The van der Waals surface area contributed by atoms with Gasteiger partial charge in [0.2, 0.25) is 0 Å². The molecule has 0 radical (unpaired) electrons. The highest BCUT2D eigenvalue weighted by Crippen LogP contribution is 2.24. The third kappa shape index (κ3) is 4.62. The molecule has 2 aromatic rings. The van der Waals surface area contributed by atoms with Crippen LogP contribution < -0.4 is 5.32 Å². The first-order valence-electron chi connectivity index (χ1n) is 9.37. The van der Waals surface area contributed by atoms with E-state index >= 15 is 0 Å². The molecule has 0 spiro atoms. The Balaban J connectivity index is 1.86. The van der Waals surface area contributed by atoms with E-state index in [2.05, 4.69) is 62.8 Å². The van der Waals surface area contributed by atoms with Crippen molar-refractivity contribution in [3.05, 3.63) is 56.4 Å². The van der Waals surface area contributed by atoms with Gasteiger partial charge in [0.25, 0.3) is 5.91 Å². The van der Waals surface area contributed by atoms with E-state index in [-0.39, 0.29) is 17.5 Å². The summed E-state index contributed by atoms with van der Waals surface area (Å²) in [5.41, 5.74) is 4.25. The predicted octanol–water partition coefficient (Wildman–Crippen LogP) is 5.05. The molecule has 3 rings (SSSR count). The number of rotatable bonds is 4. The van der Waals surface area contributed by atoms with Gasteiger partial charge >= 0.3 is 0 Å². The Hall–Kier alpha value is -2.07. The minimum Gasteiger partial charge on any atom is -0.349 e. The van der Waals surface area contributed by atoms with Crippen LogP contribution >= 0.6 is 22.6 Å². The minimum absolute atomic E-state index is 0.170. The van der Waals surface area contributed by atoms with E-state index < -0.39 is 0 Å². The van der Waals surface area contributed by atoms with Crippen LogP contribution in [0.25, 0.3) is 11.8 Å². The van der Waals surface area contributed by atoms with Gasteiger partial charge in [0.1, 0.15) is 11.6 Å². The molecular formula is C22H24IN3O. The van der Waals surface area contributed by atoms with Gasteiger partial charge in [-0.05, 0) is 91.3 Å². The van der Waals surface area contributed by atoms with Gasteiger partial charge in [0, 0.05) is 26.7 Å². The minimum atomic E-state index is -0.261. The van der Waals surface area contributed by atoms with Crippen LogP contribution in [0.5, 0.6) is 0 Å². The number of carbonyl (C=O) groups is 1. The number of halogens is 1. The van der Waals surface area contributed by atoms with Crippen LogP contribution in [0, 0.1) is 28.7 Å². The Labute approximate surface area is 174 Å². The summed E-state index contributed by atoms with van der Waals surface area (Å²) in [5.74, 6) is -0.261. The number of benzene rings is 1. The number of hydrogen-bond acceptors (Lipinski definition) is 2. The molecule has 1 saturated carbocycles. The maximum Gasteiger partial charge on any atom is 0.262 e. The highest BCUT2D eigenvalue weighted by Gasteiger charge is 2.19. The fourth-order valence-corrected chi connectivity index (χ4v) is 4.09. The molecule has 4 nitrogen and oxygen atoms in total. The molecule has 1 aliphatic rings. The van der Waals surface area contributed by atoms with Gasteiger partial charge in [0.15, 0.2) is 0 Å². The zero-order valence-electron chi connectivity index (χ0n) is 15.8. The van der Waals surface area contributed by atoms with Gasteiger partial charge in [-0.25, -0.2) is 0 Å². The number of nitrogens with zero attached hydrogens (tertiary/aromatic N) is 2. The third-order valence-corrected chi connectivity index (χ3v) is 5.88. The fourth-order valence-electron chi connectivity index (χ4n) is 3.74. The molecule has 1 aromatic carbocycles. The van der Waals surface area contributed by atoms with Gasteiger partial charge in [-0.3, -0.25) is 4.79 Å². The second-order valence-corrected chi connectivity index (χ2v) is 8.36. The van der Waals surface area contributed by atoms with E-state index in [1.54, 1.807) is 6.08 Å². The molecule has 0 unspecified atom stereocenters. The van der Waals surface area contributed by atoms with E-state index in [1.165, 1.54) is 9.99 Å². The second-order valence-electron chi connectivity index (χ2n) is 7.12. The van der Waals surface area contributed by atoms with Crippen LogP contribution in [-0.2, 0) is 4.79 Å². The Morgan fingerprint density at radius 1 is 1.22 bits per heavy atom. The summed E-state index contributed by atoms with van der Waals surface area (Å²) in [5, 5.41) is 12.5. The Bertz CT molecular complexity index is 897. The summed E-state index contributed by atoms with van der Waals surface area (Å²) < 4.78 is 3.33. The summed E-state index contributed by atoms with van der Waals surface area (Å²) in [4.78, 5) is 12.5. The normalized spacial score (nSPS) is 15.4. The maximum atomic E-state index is 12.5. The predicted molar refractivity (Wildman–Crippen MR) is 117 cm³/mol. The topological polar surface area (TPSA) is 57.8 Å². The summed E-state index contributed by atoms with van der Waals surface area (Å²) in [7, 11) is 0. The zero-order valence-corrected chi connectivity index (χ0v) is 17.9. The monoisotopic (exact) mass is 473 g/mol. The molecule has 1 heterocycles. The Morgan fingerprint density at radius 3 is 2.52 bits per heavy atom. The molecule has 27 heavy (non-hydrogen) atoms. The molecular weight excluding hydrogens is 449 g/mol. The van der Waals surface area contributed by atoms with Gasteiger partial charge < -0.3 is 9.88 Å². The highest BCUT2D eigenvalue weighted by molar-refractivity contribution is 14.1. The summed E-state index contributed by atoms with van der Waals surface area (Å²) in [6.07, 6.45) is 7.25. The van der Waals surface area contributed by atoms with E-state index in [9.17, 15) is 10.1 Å². The first kappa shape index (κ1) is 19.7. The lowest BCUT2D eigenvalue weighted by Gasteiger charge is -2.22. The quantitative estimate of drug-likeness (QED) is 0.384. The second kappa shape index (κ2) is 8.75. The highest BCUT2D eigenvalue weighted by atomic mass is 127. The van der Waals surface area contributed by atoms with Crippen molar-refractivity contribution < 1.29 is 4.79 Å².